The van der Waals surface area contributed by atoms with Crippen LogP contribution in [0.15, 0.2) is 60.7 Å². The summed E-state index contributed by atoms with van der Waals surface area (Å²) >= 11 is 0. The van der Waals surface area contributed by atoms with Gasteiger partial charge >= 0.3 is 0 Å². The maximum atomic E-state index is 10.1. The van der Waals surface area contributed by atoms with Crippen molar-refractivity contribution in [1.29, 1.82) is 10.5 Å². The maximum Gasteiger partial charge on any atom is 0.150 e. The minimum absolute atomic E-state index is 0.311. The smallest absolute Gasteiger partial charge is 0.150 e. The molecule has 3 aromatic rings. The van der Waals surface area contributed by atoms with Gasteiger partial charge in [-0.3, -0.25) is 4.90 Å². The lowest BCUT2D eigenvalue weighted by Crippen LogP contribution is -2.33. The normalized spacial score (nSPS) is 13.7. The van der Waals surface area contributed by atoms with Gasteiger partial charge < -0.3 is 10.2 Å². The van der Waals surface area contributed by atoms with Gasteiger partial charge in [-0.1, -0.05) is 79.4 Å². The van der Waals surface area contributed by atoms with Gasteiger partial charge in [0.1, 0.15) is 34.9 Å². The average molecular weight is 517 g/mol. The van der Waals surface area contributed by atoms with Crippen molar-refractivity contribution in [2.45, 2.75) is 38.6 Å². The van der Waals surface area contributed by atoms with Crippen LogP contribution in [0.4, 0.5) is 11.6 Å². The zero-order valence-electron chi connectivity index (χ0n) is 22.7. The van der Waals surface area contributed by atoms with Crippen LogP contribution in [-0.4, -0.2) is 43.1 Å². The first-order valence-corrected chi connectivity index (χ1v) is 13.7. The van der Waals surface area contributed by atoms with E-state index in [0.29, 0.717) is 41.4 Å². The second-order valence-corrected chi connectivity index (χ2v) is 10.2. The molecule has 0 aliphatic carbocycles. The van der Waals surface area contributed by atoms with Crippen LogP contribution in [0.5, 0.6) is 0 Å². The standard InChI is InChI=1S/C33H36N6/c1-3-20-38(2)33-30(24-35)31(28-15-8-5-9-16-28)29(23-34)32(37-33)36-19-11-10-12-26-17-21-39(22-18-26)25-27-13-6-4-7-14-27/h1,4-9,13-16,26H,10-12,17-22,25H2,2H3,(H,36,37). The minimum atomic E-state index is 0.311. The summed E-state index contributed by atoms with van der Waals surface area (Å²) in [5.41, 5.74) is 3.55. The summed E-state index contributed by atoms with van der Waals surface area (Å²) in [6.45, 7) is 4.39. The first-order valence-electron chi connectivity index (χ1n) is 13.7. The molecular formula is C33H36N6. The van der Waals surface area contributed by atoms with E-state index < -0.39 is 0 Å². The van der Waals surface area contributed by atoms with Crippen LogP contribution in [0.25, 0.3) is 11.1 Å². The van der Waals surface area contributed by atoms with E-state index in [-0.39, 0.29) is 0 Å². The molecular weight excluding hydrogens is 480 g/mol. The van der Waals surface area contributed by atoms with E-state index >= 15 is 0 Å². The number of likely N-dealkylation sites (tertiary alicyclic amines) is 1. The Hall–Kier alpha value is -4.31. The Morgan fingerprint density at radius 3 is 2.28 bits per heavy atom. The van der Waals surface area contributed by atoms with Gasteiger partial charge in [-0.25, -0.2) is 4.98 Å². The van der Waals surface area contributed by atoms with Gasteiger partial charge in [0.15, 0.2) is 0 Å². The van der Waals surface area contributed by atoms with Gasteiger partial charge in [-0.15, -0.1) is 6.42 Å². The summed E-state index contributed by atoms with van der Waals surface area (Å²) in [5.74, 6) is 4.38. The summed E-state index contributed by atoms with van der Waals surface area (Å²) in [7, 11) is 1.82. The summed E-state index contributed by atoms with van der Waals surface area (Å²) in [4.78, 5) is 9.06. The van der Waals surface area contributed by atoms with Gasteiger partial charge in [0.2, 0.25) is 0 Å². The van der Waals surface area contributed by atoms with Gasteiger partial charge in [0.05, 0.1) is 6.54 Å². The summed E-state index contributed by atoms with van der Waals surface area (Å²) in [6, 6.07) is 24.9. The third-order valence-corrected chi connectivity index (χ3v) is 7.44. The molecule has 1 N–H and O–H groups in total. The lowest BCUT2D eigenvalue weighted by atomic mass is 9.91. The Balaban J connectivity index is 1.37. The fourth-order valence-corrected chi connectivity index (χ4v) is 5.34. The van der Waals surface area contributed by atoms with Crippen molar-refractivity contribution >= 4 is 11.6 Å². The van der Waals surface area contributed by atoms with Gasteiger partial charge in [0, 0.05) is 25.7 Å². The van der Waals surface area contributed by atoms with E-state index in [1.165, 1.54) is 24.8 Å². The Kier molecular flexibility index (Phi) is 9.96. The lowest BCUT2D eigenvalue weighted by Gasteiger charge is -2.32. The topological polar surface area (TPSA) is 79.0 Å². The van der Waals surface area contributed by atoms with E-state index in [4.69, 9.17) is 11.4 Å². The Labute approximate surface area is 232 Å². The monoisotopic (exact) mass is 516 g/mol. The molecule has 1 fully saturated rings. The van der Waals surface area contributed by atoms with Crippen LogP contribution in [0.2, 0.25) is 0 Å². The molecule has 2 heterocycles. The molecule has 1 aliphatic rings. The molecule has 39 heavy (non-hydrogen) atoms. The highest BCUT2D eigenvalue weighted by Crippen LogP contribution is 2.36. The molecule has 0 radical (unpaired) electrons. The van der Waals surface area contributed by atoms with Crippen molar-refractivity contribution in [2.24, 2.45) is 5.92 Å². The number of anilines is 2. The molecule has 1 aliphatic heterocycles. The number of benzene rings is 2. The van der Waals surface area contributed by atoms with Gasteiger partial charge in [-0.2, -0.15) is 10.5 Å². The molecule has 0 unspecified atom stereocenters. The molecule has 4 rings (SSSR count). The average Bonchev–Trinajstić information content (AvgIpc) is 2.98. The molecule has 1 aromatic heterocycles. The molecule has 6 nitrogen and oxygen atoms in total. The predicted molar refractivity (Wildman–Crippen MR) is 158 cm³/mol. The predicted octanol–water partition coefficient (Wildman–Crippen LogP) is 6.06. The van der Waals surface area contributed by atoms with Crippen molar-refractivity contribution in [1.82, 2.24) is 9.88 Å². The number of nitrogens with one attached hydrogen (secondary N) is 1. The number of terminal acetylenes is 1. The fraction of sp³-hybridized carbons (Fsp3) is 0.364. The second-order valence-electron chi connectivity index (χ2n) is 10.2. The third-order valence-electron chi connectivity index (χ3n) is 7.44. The van der Waals surface area contributed by atoms with Crippen molar-refractivity contribution in [2.75, 3.05) is 43.4 Å². The quantitative estimate of drug-likeness (QED) is 0.247. The number of hydrogen-bond donors (Lipinski definition) is 1. The molecule has 6 heteroatoms. The highest BCUT2D eigenvalue weighted by molar-refractivity contribution is 5.85. The maximum absolute atomic E-state index is 10.1. The minimum Gasteiger partial charge on any atom is -0.369 e. The second kappa shape index (κ2) is 14.0. The van der Waals surface area contributed by atoms with Gasteiger partial charge in [-0.05, 0) is 49.4 Å². The van der Waals surface area contributed by atoms with E-state index in [0.717, 1.165) is 44.0 Å². The molecule has 198 valence electrons. The first-order chi connectivity index (χ1) is 19.1. The number of rotatable bonds is 11. The SMILES string of the molecule is C#CCN(C)c1nc(NCCCCC2CCN(Cc3ccccc3)CC2)c(C#N)c(-c2ccccc2)c1C#N. The van der Waals surface area contributed by atoms with Crippen molar-refractivity contribution in [3.63, 3.8) is 0 Å². The molecule has 0 saturated carbocycles. The lowest BCUT2D eigenvalue weighted by molar-refractivity contribution is 0.170. The number of unbranched alkanes of at least 4 members (excludes halogenated alkanes) is 1. The summed E-state index contributed by atoms with van der Waals surface area (Å²) in [6.07, 6.45) is 11.4. The van der Waals surface area contributed by atoms with Crippen LogP contribution >= 0.6 is 0 Å². The number of nitrogens with zero attached hydrogens (tertiary/aromatic N) is 5. The molecule has 0 atom stereocenters. The Morgan fingerprint density at radius 1 is 0.974 bits per heavy atom. The van der Waals surface area contributed by atoms with E-state index in [2.05, 4.69) is 58.6 Å². The van der Waals surface area contributed by atoms with Crippen LogP contribution in [-0.2, 0) is 6.54 Å². The number of hydrogen-bond acceptors (Lipinski definition) is 6. The highest BCUT2D eigenvalue weighted by Gasteiger charge is 2.23. The molecule has 2 aromatic carbocycles. The van der Waals surface area contributed by atoms with E-state index in [9.17, 15) is 10.5 Å². The zero-order valence-corrected chi connectivity index (χ0v) is 22.7. The summed E-state index contributed by atoms with van der Waals surface area (Å²) in [5, 5.41) is 23.6. The molecule has 1 saturated heterocycles. The summed E-state index contributed by atoms with van der Waals surface area (Å²) < 4.78 is 0. The zero-order chi connectivity index (χ0) is 27.5. The van der Waals surface area contributed by atoms with Crippen LogP contribution in [0.3, 0.4) is 0 Å². The highest BCUT2D eigenvalue weighted by atomic mass is 15.2. The Morgan fingerprint density at radius 2 is 1.64 bits per heavy atom. The van der Waals surface area contributed by atoms with Crippen molar-refractivity contribution in [3.8, 4) is 35.6 Å². The van der Waals surface area contributed by atoms with Crippen molar-refractivity contribution in [3.05, 3.63) is 77.4 Å². The molecule has 0 spiro atoms. The van der Waals surface area contributed by atoms with Crippen molar-refractivity contribution < 1.29 is 0 Å². The number of pyridine rings is 1. The van der Waals surface area contributed by atoms with Crippen LogP contribution in [0.1, 0.15) is 48.8 Å². The number of piperidine rings is 1. The van der Waals surface area contributed by atoms with Crippen LogP contribution in [0, 0.1) is 40.9 Å². The number of nitriles is 2. The van der Waals surface area contributed by atoms with Crippen LogP contribution < -0.4 is 10.2 Å². The third kappa shape index (κ3) is 7.17. The van der Waals surface area contributed by atoms with E-state index in [1.54, 1.807) is 4.90 Å². The van der Waals surface area contributed by atoms with E-state index in [1.807, 2.05) is 37.4 Å². The Bertz CT molecular complexity index is 1340. The largest absolute Gasteiger partial charge is 0.369 e. The van der Waals surface area contributed by atoms with Gasteiger partial charge in [0.25, 0.3) is 0 Å². The molecule has 0 amide bonds. The fourth-order valence-electron chi connectivity index (χ4n) is 5.34. The first kappa shape index (κ1) is 27.7. The number of aromatic nitrogens is 1. The molecule has 0 bridgehead atoms.